The van der Waals surface area contributed by atoms with Crippen LogP contribution in [0.15, 0.2) is 36.5 Å². The molecule has 9 nitrogen and oxygen atoms in total. The van der Waals surface area contributed by atoms with E-state index in [1.807, 2.05) is 16.7 Å². The van der Waals surface area contributed by atoms with Gasteiger partial charge in [0.25, 0.3) is 0 Å². The molecule has 3 heterocycles. The number of benzene rings is 1. The SMILES string of the molecule is C#Cc1cccc(OC2CCN(c3nnc(COC)n3-c3ccc(OC)nc3)CC2)c1C#N. The second-order valence-corrected chi connectivity index (χ2v) is 7.48. The molecule has 4 rings (SSSR count). The van der Waals surface area contributed by atoms with E-state index in [2.05, 4.69) is 32.1 Å². The molecule has 0 bridgehead atoms. The number of rotatable bonds is 7. The van der Waals surface area contributed by atoms with Gasteiger partial charge in [0.05, 0.1) is 19.0 Å². The zero-order valence-corrected chi connectivity index (χ0v) is 18.6. The molecule has 2 aromatic heterocycles. The minimum Gasteiger partial charge on any atom is -0.489 e. The Balaban J connectivity index is 1.51. The summed E-state index contributed by atoms with van der Waals surface area (Å²) < 4.78 is 18.6. The van der Waals surface area contributed by atoms with Gasteiger partial charge in [-0.05, 0) is 18.2 Å². The molecule has 1 aromatic carbocycles. The molecular weight excluding hydrogens is 420 g/mol. The number of hydrogen-bond donors (Lipinski definition) is 0. The highest BCUT2D eigenvalue weighted by atomic mass is 16.5. The van der Waals surface area contributed by atoms with Gasteiger partial charge in [-0.25, -0.2) is 4.98 Å². The van der Waals surface area contributed by atoms with Crippen molar-refractivity contribution >= 4 is 5.95 Å². The van der Waals surface area contributed by atoms with E-state index in [1.54, 1.807) is 38.6 Å². The van der Waals surface area contributed by atoms with Crippen molar-refractivity contribution in [2.45, 2.75) is 25.6 Å². The summed E-state index contributed by atoms with van der Waals surface area (Å²) in [5.74, 6) is 5.01. The van der Waals surface area contributed by atoms with E-state index in [4.69, 9.17) is 20.6 Å². The first-order chi connectivity index (χ1) is 16.2. The van der Waals surface area contributed by atoms with Gasteiger partial charge in [0.15, 0.2) is 5.82 Å². The largest absolute Gasteiger partial charge is 0.489 e. The van der Waals surface area contributed by atoms with Crippen LogP contribution in [0.4, 0.5) is 5.95 Å². The molecule has 0 spiro atoms. The average molecular weight is 444 g/mol. The number of piperidine rings is 1. The smallest absolute Gasteiger partial charge is 0.232 e. The van der Waals surface area contributed by atoms with E-state index in [9.17, 15) is 5.26 Å². The molecule has 1 aliphatic heterocycles. The van der Waals surface area contributed by atoms with Gasteiger partial charge in [-0.15, -0.1) is 16.6 Å². The van der Waals surface area contributed by atoms with Gasteiger partial charge < -0.3 is 19.1 Å². The Bertz CT molecular complexity index is 1180. The van der Waals surface area contributed by atoms with E-state index in [-0.39, 0.29) is 6.10 Å². The van der Waals surface area contributed by atoms with Crippen molar-refractivity contribution < 1.29 is 14.2 Å². The minimum absolute atomic E-state index is 0.0288. The Morgan fingerprint density at radius 2 is 1.97 bits per heavy atom. The Morgan fingerprint density at radius 3 is 2.61 bits per heavy atom. The first-order valence-electron chi connectivity index (χ1n) is 10.5. The molecule has 0 N–H and O–H groups in total. The van der Waals surface area contributed by atoms with Crippen LogP contribution in [-0.4, -0.2) is 53.2 Å². The summed E-state index contributed by atoms with van der Waals surface area (Å²) in [5, 5.41) is 18.3. The molecule has 3 aromatic rings. The normalized spacial score (nSPS) is 13.9. The van der Waals surface area contributed by atoms with Crippen molar-refractivity contribution in [1.29, 1.82) is 5.26 Å². The van der Waals surface area contributed by atoms with Crippen molar-refractivity contribution in [3.63, 3.8) is 0 Å². The molecule has 0 saturated carbocycles. The predicted octanol–water partition coefficient (Wildman–Crippen LogP) is 2.72. The van der Waals surface area contributed by atoms with Gasteiger partial charge in [-0.2, -0.15) is 5.26 Å². The number of pyridine rings is 1. The summed E-state index contributed by atoms with van der Waals surface area (Å²) >= 11 is 0. The van der Waals surface area contributed by atoms with Crippen molar-refractivity contribution in [3.8, 4) is 35.7 Å². The van der Waals surface area contributed by atoms with Gasteiger partial charge in [0.2, 0.25) is 11.8 Å². The molecule has 1 saturated heterocycles. The number of hydrogen-bond acceptors (Lipinski definition) is 8. The Kier molecular flexibility index (Phi) is 6.72. The lowest BCUT2D eigenvalue weighted by Gasteiger charge is -2.33. The lowest BCUT2D eigenvalue weighted by Crippen LogP contribution is -2.39. The zero-order chi connectivity index (χ0) is 23.2. The van der Waals surface area contributed by atoms with E-state index >= 15 is 0 Å². The van der Waals surface area contributed by atoms with Crippen LogP contribution in [0.3, 0.4) is 0 Å². The standard InChI is InChI=1S/C24H24N6O3/c1-4-17-6-5-7-21(20(17)14-25)33-19-10-12-29(13-11-19)24-28-27-22(16-31-2)30(24)18-8-9-23(32-3)26-15-18/h1,5-9,15,19H,10-13,16H2,2-3H3. The number of ether oxygens (including phenoxy) is 3. The highest BCUT2D eigenvalue weighted by Gasteiger charge is 2.26. The first-order valence-corrected chi connectivity index (χ1v) is 10.5. The maximum atomic E-state index is 9.49. The van der Waals surface area contributed by atoms with E-state index in [1.165, 1.54) is 0 Å². The van der Waals surface area contributed by atoms with Crippen LogP contribution in [0.25, 0.3) is 5.69 Å². The Morgan fingerprint density at radius 1 is 1.15 bits per heavy atom. The van der Waals surface area contributed by atoms with E-state index < -0.39 is 0 Å². The monoisotopic (exact) mass is 444 g/mol. The lowest BCUT2D eigenvalue weighted by atomic mass is 10.1. The summed E-state index contributed by atoms with van der Waals surface area (Å²) in [6.45, 7) is 1.76. The fourth-order valence-electron chi connectivity index (χ4n) is 3.84. The molecule has 0 amide bonds. The highest BCUT2D eigenvalue weighted by molar-refractivity contribution is 5.55. The van der Waals surface area contributed by atoms with Gasteiger partial charge >= 0.3 is 0 Å². The molecule has 1 fully saturated rings. The summed E-state index contributed by atoms with van der Waals surface area (Å²) in [5.41, 5.74) is 1.77. The third-order valence-corrected chi connectivity index (χ3v) is 5.49. The highest BCUT2D eigenvalue weighted by Crippen LogP contribution is 2.28. The summed E-state index contributed by atoms with van der Waals surface area (Å²) in [7, 11) is 3.20. The maximum Gasteiger partial charge on any atom is 0.232 e. The number of terminal acetylenes is 1. The Hall–Kier alpha value is -4.08. The average Bonchev–Trinajstić information content (AvgIpc) is 3.28. The molecule has 0 aliphatic carbocycles. The molecule has 33 heavy (non-hydrogen) atoms. The summed E-state index contributed by atoms with van der Waals surface area (Å²) in [6, 6.07) is 11.2. The van der Waals surface area contributed by atoms with Crippen LogP contribution < -0.4 is 14.4 Å². The second kappa shape index (κ2) is 10.0. The van der Waals surface area contributed by atoms with Crippen molar-refractivity contribution in [2.24, 2.45) is 0 Å². The summed E-state index contributed by atoms with van der Waals surface area (Å²) in [4.78, 5) is 6.48. The molecular formula is C24H24N6O3. The van der Waals surface area contributed by atoms with Crippen LogP contribution in [0.2, 0.25) is 0 Å². The molecule has 1 aliphatic rings. The Labute approximate surface area is 192 Å². The van der Waals surface area contributed by atoms with Crippen LogP contribution in [0.1, 0.15) is 29.8 Å². The lowest BCUT2D eigenvalue weighted by molar-refractivity contribution is 0.169. The third-order valence-electron chi connectivity index (χ3n) is 5.49. The van der Waals surface area contributed by atoms with Crippen LogP contribution in [-0.2, 0) is 11.3 Å². The summed E-state index contributed by atoms with van der Waals surface area (Å²) in [6.07, 6.45) is 8.73. The second-order valence-electron chi connectivity index (χ2n) is 7.48. The van der Waals surface area contributed by atoms with Crippen LogP contribution in [0.5, 0.6) is 11.6 Å². The minimum atomic E-state index is -0.0288. The number of methoxy groups -OCH3 is 2. The van der Waals surface area contributed by atoms with Crippen LogP contribution in [0, 0.1) is 23.7 Å². The maximum absolute atomic E-state index is 9.49. The number of nitriles is 1. The quantitative estimate of drug-likeness (QED) is 0.513. The van der Waals surface area contributed by atoms with Crippen molar-refractivity contribution in [2.75, 3.05) is 32.2 Å². The van der Waals surface area contributed by atoms with Gasteiger partial charge in [-0.3, -0.25) is 4.57 Å². The topological polar surface area (TPSA) is 98.3 Å². The molecule has 0 atom stereocenters. The predicted molar refractivity (Wildman–Crippen MR) is 121 cm³/mol. The molecule has 168 valence electrons. The zero-order valence-electron chi connectivity index (χ0n) is 18.6. The molecule has 0 unspecified atom stereocenters. The third kappa shape index (κ3) is 4.59. The molecule has 9 heteroatoms. The number of aromatic nitrogens is 4. The first kappa shape index (κ1) is 22.1. The van der Waals surface area contributed by atoms with Gasteiger partial charge in [0, 0.05) is 44.7 Å². The van der Waals surface area contributed by atoms with Crippen molar-refractivity contribution in [3.05, 3.63) is 53.5 Å². The number of anilines is 1. The van der Waals surface area contributed by atoms with Crippen LogP contribution >= 0.6 is 0 Å². The number of nitrogens with zero attached hydrogens (tertiary/aromatic N) is 6. The fraction of sp³-hybridized carbons (Fsp3) is 0.333. The van der Waals surface area contributed by atoms with Crippen molar-refractivity contribution in [1.82, 2.24) is 19.7 Å². The van der Waals surface area contributed by atoms with E-state index in [0.717, 1.165) is 37.6 Å². The van der Waals surface area contributed by atoms with Gasteiger partial charge in [0.1, 0.15) is 30.1 Å². The van der Waals surface area contributed by atoms with Gasteiger partial charge in [-0.1, -0.05) is 12.0 Å². The molecule has 0 radical (unpaired) electrons. The van der Waals surface area contributed by atoms with E-state index in [0.29, 0.717) is 35.2 Å². The fourth-order valence-corrected chi connectivity index (χ4v) is 3.84.